The van der Waals surface area contributed by atoms with Crippen molar-refractivity contribution in [3.63, 3.8) is 0 Å². The molecule has 0 aliphatic rings. The zero-order valence-corrected chi connectivity index (χ0v) is 14.1. The smallest absolute Gasteiger partial charge is 0.256 e. The highest BCUT2D eigenvalue weighted by Crippen LogP contribution is 2.06. The Labute approximate surface area is 146 Å². The predicted octanol–water partition coefficient (Wildman–Crippen LogP) is 3.33. The van der Waals surface area contributed by atoms with E-state index in [1.54, 1.807) is 31.2 Å². The van der Waals surface area contributed by atoms with Crippen LogP contribution in [0.3, 0.4) is 0 Å². The Bertz CT molecular complexity index is 792. The molecule has 0 radical (unpaired) electrons. The van der Waals surface area contributed by atoms with E-state index < -0.39 is 0 Å². The monoisotopic (exact) mass is 335 g/mol. The molecule has 4 nitrogen and oxygen atoms in total. The normalized spacial score (nSPS) is 11.0. The second-order valence-corrected chi connectivity index (χ2v) is 5.51. The van der Waals surface area contributed by atoms with E-state index in [1.807, 2.05) is 36.4 Å². The van der Waals surface area contributed by atoms with E-state index in [-0.39, 0.29) is 16.5 Å². The molecule has 2 rings (SSSR count). The molecule has 2 aromatic carbocycles. The van der Waals surface area contributed by atoms with E-state index in [0.29, 0.717) is 17.8 Å². The first kappa shape index (κ1) is 17.4. The highest BCUT2D eigenvalue weighted by molar-refractivity contribution is 7.80. The Morgan fingerprint density at radius 1 is 1.08 bits per heavy atom. The molecule has 0 fully saturated rings. The SMILES string of the molecule is CC(NCc1ccccc1)=C(C#N)C(=S)NC(=O)c1ccccc1. The van der Waals surface area contributed by atoms with Crippen molar-refractivity contribution >= 4 is 23.1 Å². The summed E-state index contributed by atoms with van der Waals surface area (Å²) in [5.41, 5.74) is 2.46. The van der Waals surface area contributed by atoms with E-state index in [1.165, 1.54) is 0 Å². The number of thiocarbonyl (C=S) groups is 1. The van der Waals surface area contributed by atoms with Gasteiger partial charge in [0.15, 0.2) is 0 Å². The molecule has 2 N–H and O–H groups in total. The third kappa shape index (κ3) is 4.77. The molecule has 0 aromatic heterocycles. The molecular weight excluding hydrogens is 318 g/mol. The van der Waals surface area contributed by atoms with Gasteiger partial charge in [-0.25, -0.2) is 0 Å². The Morgan fingerprint density at radius 3 is 2.25 bits per heavy atom. The number of allylic oxidation sites excluding steroid dienone is 1. The summed E-state index contributed by atoms with van der Waals surface area (Å²) in [5.74, 6) is -0.329. The average molecular weight is 335 g/mol. The van der Waals surface area contributed by atoms with Gasteiger partial charge in [-0.3, -0.25) is 4.79 Å². The number of carbonyl (C=O) groups is 1. The Hall–Kier alpha value is -2.97. The lowest BCUT2D eigenvalue weighted by molar-refractivity contribution is 0.0978. The van der Waals surface area contributed by atoms with Crippen LogP contribution in [0.4, 0.5) is 0 Å². The van der Waals surface area contributed by atoms with Crippen LogP contribution in [0.5, 0.6) is 0 Å². The van der Waals surface area contributed by atoms with Crippen LogP contribution in [0.25, 0.3) is 0 Å². The molecule has 0 saturated heterocycles. The molecule has 5 heteroatoms. The highest BCUT2D eigenvalue weighted by Gasteiger charge is 2.13. The fourth-order valence-corrected chi connectivity index (χ4v) is 2.34. The maximum absolute atomic E-state index is 12.1. The second-order valence-electron chi connectivity index (χ2n) is 5.10. The molecule has 0 spiro atoms. The van der Waals surface area contributed by atoms with E-state index >= 15 is 0 Å². The molecule has 24 heavy (non-hydrogen) atoms. The summed E-state index contributed by atoms with van der Waals surface area (Å²) in [5, 5.41) is 15.1. The number of nitrogens with zero attached hydrogens (tertiary/aromatic N) is 1. The highest BCUT2D eigenvalue weighted by atomic mass is 32.1. The predicted molar refractivity (Wildman–Crippen MR) is 98.1 cm³/mol. The number of amides is 1. The number of nitrogens with one attached hydrogen (secondary N) is 2. The van der Waals surface area contributed by atoms with E-state index in [2.05, 4.69) is 16.7 Å². The van der Waals surface area contributed by atoms with Gasteiger partial charge in [0.25, 0.3) is 5.91 Å². The van der Waals surface area contributed by atoms with Gasteiger partial charge in [0, 0.05) is 17.8 Å². The number of rotatable bonds is 5. The number of carbonyl (C=O) groups excluding carboxylic acids is 1. The largest absolute Gasteiger partial charge is 0.383 e. The lowest BCUT2D eigenvalue weighted by Crippen LogP contribution is -2.31. The molecular formula is C19H17N3OS. The van der Waals surface area contributed by atoms with Crippen molar-refractivity contribution in [3.05, 3.63) is 83.1 Å². The van der Waals surface area contributed by atoms with Gasteiger partial charge in [0.1, 0.15) is 16.6 Å². The van der Waals surface area contributed by atoms with E-state index in [9.17, 15) is 10.1 Å². The van der Waals surface area contributed by atoms with Gasteiger partial charge in [-0.05, 0) is 24.6 Å². The number of benzene rings is 2. The summed E-state index contributed by atoms with van der Waals surface area (Å²) < 4.78 is 0. The zero-order chi connectivity index (χ0) is 17.4. The fourth-order valence-electron chi connectivity index (χ4n) is 2.05. The van der Waals surface area contributed by atoms with Crippen LogP contribution in [-0.4, -0.2) is 10.9 Å². The minimum absolute atomic E-state index is 0.115. The summed E-state index contributed by atoms with van der Waals surface area (Å²) in [7, 11) is 0. The lowest BCUT2D eigenvalue weighted by Gasteiger charge is -2.11. The third-order valence-corrected chi connectivity index (χ3v) is 3.68. The Balaban J connectivity index is 2.04. The molecule has 0 aliphatic heterocycles. The van der Waals surface area contributed by atoms with Crippen LogP contribution in [0, 0.1) is 11.3 Å². The first-order valence-corrected chi connectivity index (χ1v) is 7.82. The van der Waals surface area contributed by atoms with Crippen molar-refractivity contribution in [1.29, 1.82) is 5.26 Å². The number of hydrogen-bond acceptors (Lipinski definition) is 4. The van der Waals surface area contributed by atoms with E-state index in [0.717, 1.165) is 5.56 Å². The average Bonchev–Trinajstić information content (AvgIpc) is 2.62. The van der Waals surface area contributed by atoms with E-state index in [4.69, 9.17) is 12.2 Å². The summed E-state index contributed by atoms with van der Waals surface area (Å²) >= 11 is 5.21. The van der Waals surface area contributed by atoms with Crippen LogP contribution >= 0.6 is 12.2 Å². The molecule has 0 saturated carbocycles. The topological polar surface area (TPSA) is 64.9 Å². The van der Waals surface area contributed by atoms with Crippen molar-refractivity contribution in [2.75, 3.05) is 0 Å². The third-order valence-electron chi connectivity index (χ3n) is 3.38. The molecule has 0 unspecified atom stereocenters. The van der Waals surface area contributed by atoms with Crippen LogP contribution in [0.15, 0.2) is 71.9 Å². The van der Waals surface area contributed by atoms with Crippen molar-refractivity contribution in [2.24, 2.45) is 0 Å². The number of nitriles is 1. The van der Waals surface area contributed by atoms with Crippen LogP contribution in [0.1, 0.15) is 22.8 Å². The summed E-state index contributed by atoms with van der Waals surface area (Å²) in [6.07, 6.45) is 0. The minimum Gasteiger partial charge on any atom is -0.383 e. The Kier molecular flexibility index (Phi) is 6.23. The fraction of sp³-hybridized carbons (Fsp3) is 0.105. The van der Waals surface area contributed by atoms with Crippen molar-refractivity contribution in [3.8, 4) is 6.07 Å². The van der Waals surface area contributed by atoms with Gasteiger partial charge < -0.3 is 10.6 Å². The van der Waals surface area contributed by atoms with Crippen LogP contribution in [-0.2, 0) is 6.54 Å². The molecule has 0 bridgehead atoms. The molecule has 120 valence electrons. The lowest BCUT2D eigenvalue weighted by atomic mass is 10.2. The zero-order valence-electron chi connectivity index (χ0n) is 13.2. The van der Waals surface area contributed by atoms with Crippen LogP contribution in [0.2, 0.25) is 0 Å². The first-order chi connectivity index (χ1) is 11.6. The summed E-state index contributed by atoms with van der Waals surface area (Å²) in [4.78, 5) is 12.2. The van der Waals surface area contributed by atoms with Gasteiger partial charge in [0.2, 0.25) is 0 Å². The van der Waals surface area contributed by atoms with Gasteiger partial charge in [-0.2, -0.15) is 5.26 Å². The minimum atomic E-state index is -0.329. The number of hydrogen-bond donors (Lipinski definition) is 2. The molecule has 0 atom stereocenters. The maximum atomic E-state index is 12.1. The summed E-state index contributed by atoms with van der Waals surface area (Å²) in [6.45, 7) is 2.34. The molecule has 2 aromatic rings. The molecule has 0 aliphatic carbocycles. The second kappa shape index (κ2) is 8.61. The van der Waals surface area contributed by atoms with Gasteiger partial charge in [-0.15, -0.1) is 0 Å². The maximum Gasteiger partial charge on any atom is 0.256 e. The van der Waals surface area contributed by atoms with Crippen molar-refractivity contribution in [2.45, 2.75) is 13.5 Å². The van der Waals surface area contributed by atoms with Gasteiger partial charge in [-0.1, -0.05) is 60.7 Å². The van der Waals surface area contributed by atoms with Crippen molar-refractivity contribution < 1.29 is 4.79 Å². The molecule has 0 heterocycles. The van der Waals surface area contributed by atoms with Crippen molar-refractivity contribution in [1.82, 2.24) is 10.6 Å². The summed E-state index contributed by atoms with van der Waals surface area (Å²) in [6, 6.07) is 20.6. The Morgan fingerprint density at radius 2 is 1.67 bits per heavy atom. The first-order valence-electron chi connectivity index (χ1n) is 7.41. The van der Waals surface area contributed by atoms with Gasteiger partial charge in [0.05, 0.1) is 0 Å². The standard InChI is InChI=1S/C19H17N3OS/c1-14(21-13-15-8-4-2-5-9-15)17(12-20)19(24)22-18(23)16-10-6-3-7-11-16/h2-11,21H,13H2,1H3,(H,22,23,24). The molecule has 1 amide bonds. The van der Waals surface area contributed by atoms with Gasteiger partial charge >= 0.3 is 0 Å². The van der Waals surface area contributed by atoms with Crippen LogP contribution < -0.4 is 10.6 Å². The quantitative estimate of drug-likeness (QED) is 0.500.